The lowest BCUT2D eigenvalue weighted by Crippen LogP contribution is -2.21. The average Bonchev–Trinajstić information content (AvgIpc) is 2.40. The first-order valence-electron chi connectivity index (χ1n) is 6.36. The molecule has 5 heteroatoms. The largest absolute Gasteiger partial charge is 0.457 e. The lowest BCUT2D eigenvalue weighted by molar-refractivity contribution is 0.0958. The predicted molar refractivity (Wildman–Crippen MR) is 85.9 cm³/mol. The van der Waals surface area contributed by atoms with Gasteiger partial charge in [-0.1, -0.05) is 23.2 Å². The predicted octanol–water partition coefficient (Wildman–Crippen LogP) is 4.53. The van der Waals surface area contributed by atoms with Gasteiger partial charge in [0.15, 0.2) is 5.78 Å². The Labute approximate surface area is 134 Å². The van der Waals surface area contributed by atoms with Crippen molar-refractivity contribution in [1.82, 2.24) is 4.90 Å². The molecule has 3 nitrogen and oxygen atoms in total. The first-order chi connectivity index (χ1) is 9.95. The van der Waals surface area contributed by atoms with Gasteiger partial charge >= 0.3 is 0 Å². The molecule has 0 spiro atoms. The Balaban J connectivity index is 2.15. The molecule has 0 fully saturated rings. The minimum atomic E-state index is -0.0250. The highest BCUT2D eigenvalue weighted by atomic mass is 35.5. The Morgan fingerprint density at radius 2 is 1.67 bits per heavy atom. The second kappa shape index (κ2) is 6.94. The van der Waals surface area contributed by atoms with Crippen LogP contribution in [0.15, 0.2) is 42.5 Å². The van der Waals surface area contributed by atoms with Crippen LogP contribution in [0.4, 0.5) is 0 Å². The Bertz CT molecular complexity index is 639. The number of halogens is 2. The molecule has 0 aliphatic carbocycles. The number of ketones is 1. The third-order valence-electron chi connectivity index (χ3n) is 2.75. The Hall–Kier alpha value is -1.55. The van der Waals surface area contributed by atoms with E-state index in [1.165, 1.54) is 0 Å². The molecule has 0 atom stereocenters. The van der Waals surface area contributed by atoms with Crippen molar-refractivity contribution in [3.8, 4) is 11.5 Å². The molecule has 2 aromatic rings. The molecule has 0 aromatic heterocycles. The van der Waals surface area contributed by atoms with Gasteiger partial charge in [0.2, 0.25) is 0 Å². The smallest absolute Gasteiger partial charge is 0.178 e. The number of hydrogen-bond acceptors (Lipinski definition) is 3. The van der Waals surface area contributed by atoms with E-state index in [0.29, 0.717) is 33.7 Å². The highest BCUT2D eigenvalue weighted by molar-refractivity contribution is 6.34. The van der Waals surface area contributed by atoms with Crippen molar-refractivity contribution < 1.29 is 9.53 Å². The standard InChI is InChI=1S/C16H15Cl2NO2/c1-19(2)10-16(20)14-8-7-13(9-15(14)18)21-12-5-3-11(17)4-6-12/h3-9H,10H2,1-2H3. The van der Waals surface area contributed by atoms with Crippen molar-refractivity contribution in [2.45, 2.75) is 0 Å². The highest BCUT2D eigenvalue weighted by Gasteiger charge is 2.12. The van der Waals surface area contributed by atoms with Gasteiger partial charge in [-0.05, 0) is 50.5 Å². The summed E-state index contributed by atoms with van der Waals surface area (Å²) in [6.07, 6.45) is 0. The van der Waals surface area contributed by atoms with Crippen LogP contribution < -0.4 is 4.74 Å². The summed E-state index contributed by atoms with van der Waals surface area (Å²) >= 11 is 12.0. The second-order valence-corrected chi connectivity index (χ2v) is 5.70. The fraction of sp³-hybridized carbons (Fsp3) is 0.188. The van der Waals surface area contributed by atoms with E-state index < -0.39 is 0 Å². The molecule has 2 rings (SSSR count). The zero-order valence-corrected chi connectivity index (χ0v) is 13.3. The molecule has 2 aromatic carbocycles. The zero-order valence-electron chi connectivity index (χ0n) is 11.8. The quantitative estimate of drug-likeness (QED) is 0.757. The number of Topliss-reactive ketones (excluding diaryl/α,β-unsaturated/α-hetero) is 1. The topological polar surface area (TPSA) is 29.5 Å². The summed E-state index contributed by atoms with van der Waals surface area (Å²) in [6, 6.07) is 12.1. The molecule has 0 saturated heterocycles. The summed E-state index contributed by atoms with van der Waals surface area (Å²) in [7, 11) is 3.67. The maximum Gasteiger partial charge on any atom is 0.178 e. The van der Waals surface area contributed by atoms with Crippen molar-refractivity contribution in [2.75, 3.05) is 20.6 Å². The number of benzene rings is 2. The third-order valence-corrected chi connectivity index (χ3v) is 3.31. The van der Waals surface area contributed by atoms with E-state index in [0.717, 1.165) is 0 Å². The van der Waals surface area contributed by atoms with E-state index in [9.17, 15) is 4.79 Å². The molecule has 0 bridgehead atoms. The Morgan fingerprint density at radius 1 is 1.05 bits per heavy atom. The monoisotopic (exact) mass is 323 g/mol. The second-order valence-electron chi connectivity index (χ2n) is 4.86. The van der Waals surface area contributed by atoms with Gasteiger partial charge in [0.25, 0.3) is 0 Å². The molecule has 21 heavy (non-hydrogen) atoms. The van der Waals surface area contributed by atoms with Gasteiger partial charge in [-0.15, -0.1) is 0 Å². The molecule has 0 amide bonds. The molecule has 0 saturated carbocycles. The number of carbonyl (C=O) groups excluding carboxylic acids is 1. The van der Waals surface area contributed by atoms with Crippen LogP contribution in [0.3, 0.4) is 0 Å². The van der Waals surface area contributed by atoms with Gasteiger partial charge in [-0.2, -0.15) is 0 Å². The van der Waals surface area contributed by atoms with Crippen LogP contribution in [-0.4, -0.2) is 31.3 Å². The molecule has 0 unspecified atom stereocenters. The maximum absolute atomic E-state index is 12.0. The molecule has 110 valence electrons. The number of ether oxygens (including phenoxy) is 1. The van der Waals surface area contributed by atoms with Crippen molar-refractivity contribution >= 4 is 29.0 Å². The van der Waals surface area contributed by atoms with Crippen molar-refractivity contribution in [3.05, 3.63) is 58.1 Å². The maximum atomic E-state index is 12.0. The van der Waals surface area contributed by atoms with Gasteiger partial charge in [0.1, 0.15) is 11.5 Å². The van der Waals surface area contributed by atoms with Crippen LogP contribution in [0.25, 0.3) is 0 Å². The van der Waals surface area contributed by atoms with Gasteiger partial charge < -0.3 is 9.64 Å². The van der Waals surface area contributed by atoms with Crippen LogP contribution in [0, 0.1) is 0 Å². The summed E-state index contributed by atoms with van der Waals surface area (Å²) < 4.78 is 5.67. The van der Waals surface area contributed by atoms with Crippen molar-refractivity contribution in [2.24, 2.45) is 0 Å². The van der Waals surface area contributed by atoms with Gasteiger partial charge in [-0.3, -0.25) is 4.79 Å². The molecule has 0 radical (unpaired) electrons. The lowest BCUT2D eigenvalue weighted by atomic mass is 10.1. The molecular formula is C16H15Cl2NO2. The van der Waals surface area contributed by atoms with Gasteiger partial charge in [0.05, 0.1) is 11.6 Å². The molecule has 0 aliphatic heterocycles. The van der Waals surface area contributed by atoms with Crippen molar-refractivity contribution in [1.29, 1.82) is 0 Å². The number of nitrogens with zero attached hydrogens (tertiary/aromatic N) is 1. The number of likely N-dealkylation sites (N-methyl/N-ethyl adjacent to an activating group) is 1. The average molecular weight is 324 g/mol. The minimum Gasteiger partial charge on any atom is -0.457 e. The van der Waals surface area contributed by atoms with Gasteiger partial charge in [-0.25, -0.2) is 0 Å². The SMILES string of the molecule is CN(C)CC(=O)c1ccc(Oc2ccc(Cl)cc2)cc1Cl. The van der Waals surface area contributed by atoms with E-state index in [2.05, 4.69) is 0 Å². The van der Waals surface area contributed by atoms with E-state index >= 15 is 0 Å². The van der Waals surface area contributed by atoms with E-state index in [4.69, 9.17) is 27.9 Å². The minimum absolute atomic E-state index is 0.0250. The Kier molecular flexibility index (Phi) is 5.23. The Morgan fingerprint density at radius 3 is 2.24 bits per heavy atom. The first kappa shape index (κ1) is 15.8. The summed E-state index contributed by atoms with van der Waals surface area (Å²) in [4.78, 5) is 13.8. The van der Waals surface area contributed by atoms with E-state index in [1.807, 2.05) is 14.1 Å². The summed E-state index contributed by atoms with van der Waals surface area (Å²) in [5, 5.41) is 1.03. The normalized spacial score (nSPS) is 10.7. The zero-order chi connectivity index (χ0) is 15.4. The van der Waals surface area contributed by atoms with E-state index in [-0.39, 0.29) is 5.78 Å². The molecule has 0 N–H and O–H groups in total. The number of carbonyl (C=O) groups is 1. The third kappa shape index (κ3) is 4.46. The lowest BCUT2D eigenvalue weighted by Gasteiger charge is -2.11. The summed E-state index contributed by atoms with van der Waals surface area (Å²) in [5.41, 5.74) is 0.494. The number of hydrogen-bond donors (Lipinski definition) is 0. The first-order valence-corrected chi connectivity index (χ1v) is 7.12. The van der Waals surface area contributed by atoms with Crippen LogP contribution in [0.5, 0.6) is 11.5 Å². The van der Waals surface area contributed by atoms with E-state index in [1.54, 1.807) is 47.4 Å². The number of rotatable bonds is 5. The summed E-state index contributed by atoms with van der Waals surface area (Å²) in [6.45, 7) is 0.317. The fourth-order valence-corrected chi connectivity index (χ4v) is 2.20. The molecular weight excluding hydrogens is 309 g/mol. The van der Waals surface area contributed by atoms with Gasteiger partial charge in [0, 0.05) is 16.7 Å². The van der Waals surface area contributed by atoms with Crippen LogP contribution >= 0.6 is 23.2 Å². The fourth-order valence-electron chi connectivity index (χ4n) is 1.80. The van der Waals surface area contributed by atoms with Crippen molar-refractivity contribution in [3.63, 3.8) is 0 Å². The molecule has 0 aliphatic rings. The van der Waals surface area contributed by atoms with Crippen LogP contribution in [0.1, 0.15) is 10.4 Å². The van der Waals surface area contributed by atoms with Crippen LogP contribution in [-0.2, 0) is 0 Å². The highest BCUT2D eigenvalue weighted by Crippen LogP contribution is 2.27. The molecule has 0 heterocycles. The van der Waals surface area contributed by atoms with Crippen LogP contribution in [0.2, 0.25) is 10.0 Å². The summed E-state index contributed by atoms with van der Waals surface area (Å²) in [5.74, 6) is 1.20.